The summed E-state index contributed by atoms with van der Waals surface area (Å²) in [5.74, 6) is 0.0253. The predicted octanol–water partition coefficient (Wildman–Crippen LogP) is 3.43. The number of hydrogen-bond donors (Lipinski definition) is 1. The van der Waals surface area contributed by atoms with Crippen molar-refractivity contribution in [2.24, 2.45) is 0 Å². The van der Waals surface area contributed by atoms with Crippen molar-refractivity contribution in [3.05, 3.63) is 40.9 Å². The van der Waals surface area contributed by atoms with Crippen LogP contribution in [-0.4, -0.2) is 9.55 Å². The number of hydrogen-bond acceptors (Lipinski definition) is 3. The van der Waals surface area contributed by atoms with Gasteiger partial charge in [-0.15, -0.1) is 0 Å². The van der Waals surface area contributed by atoms with Gasteiger partial charge in [0.05, 0.1) is 18.5 Å². The van der Waals surface area contributed by atoms with Gasteiger partial charge in [0, 0.05) is 18.8 Å². The number of fused-ring (bicyclic) bond motifs is 1. The standard InChI is InChI=1S/C15H18F3N3O/c1-10-5-7-22-13(10)9-19-8-11-12-4-2-3-6-21(12)14(20-11)15(16,17)18/h5,7,19H,2-4,6,8-9H2,1H3. The number of rotatable bonds is 4. The third kappa shape index (κ3) is 2.90. The van der Waals surface area contributed by atoms with E-state index in [-0.39, 0.29) is 0 Å². The van der Waals surface area contributed by atoms with E-state index in [9.17, 15) is 13.2 Å². The van der Waals surface area contributed by atoms with Crippen LogP contribution < -0.4 is 5.32 Å². The lowest BCUT2D eigenvalue weighted by atomic mass is 10.1. The number of nitrogens with zero attached hydrogens (tertiary/aromatic N) is 2. The predicted molar refractivity (Wildman–Crippen MR) is 74.2 cm³/mol. The minimum absolute atomic E-state index is 0.311. The summed E-state index contributed by atoms with van der Waals surface area (Å²) in [5.41, 5.74) is 2.23. The second kappa shape index (κ2) is 5.79. The smallest absolute Gasteiger partial charge is 0.449 e. The molecule has 0 aromatic carbocycles. The monoisotopic (exact) mass is 313 g/mol. The lowest BCUT2D eigenvalue weighted by Gasteiger charge is -2.18. The largest absolute Gasteiger partial charge is 0.468 e. The molecule has 0 aliphatic carbocycles. The third-order valence-electron chi connectivity index (χ3n) is 4.00. The van der Waals surface area contributed by atoms with Gasteiger partial charge in [0.25, 0.3) is 0 Å². The maximum absolute atomic E-state index is 13.1. The molecule has 0 saturated heterocycles. The highest BCUT2D eigenvalue weighted by atomic mass is 19.4. The lowest BCUT2D eigenvalue weighted by molar-refractivity contribution is -0.147. The van der Waals surface area contributed by atoms with Crippen LogP contribution in [0, 0.1) is 6.92 Å². The summed E-state index contributed by atoms with van der Waals surface area (Å²) < 4.78 is 45.8. The minimum atomic E-state index is -4.40. The van der Waals surface area contributed by atoms with Crippen molar-refractivity contribution in [1.29, 1.82) is 0 Å². The molecule has 3 rings (SSSR count). The van der Waals surface area contributed by atoms with E-state index in [0.717, 1.165) is 24.2 Å². The molecule has 0 unspecified atom stereocenters. The van der Waals surface area contributed by atoms with Gasteiger partial charge >= 0.3 is 6.18 Å². The van der Waals surface area contributed by atoms with E-state index in [1.807, 2.05) is 13.0 Å². The maximum atomic E-state index is 13.1. The zero-order chi connectivity index (χ0) is 15.7. The molecule has 7 heteroatoms. The zero-order valence-corrected chi connectivity index (χ0v) is 12.3. The van der Waals surface area contributed by atoms with Crippen molar-refractivity contribution in [3.63, 3.8) is 0 Å². The number of aromatic nitrogens is 2. The van der Waals surface area contributed by atoms with Crippen LogP contribution in [0.15, 0.2) is 16.7 Å². The van der Waals surface area contributed by atoms with Gasteiger partial charge in [-0.2, -0.15) is 13.2 Å². The van der Waals surface area contributed by atoms with Gasteiger partial charge in [-0.1, -0.05) is 0 Å². The van der Waals surface area contributed by atoms with Gasteiger partial charge < -0.3 is 14.3 Å². The van der Waals surface area contributed by atoms with Crippen LogP contribution in [0.2, 0.25) is 0 Å². The van der Waals surface area contributed by atoms with Gasteiger partial charge in [-0.05, 0) is 37.8 Å². The quantitative estimate of drug-likeness (QED) is 0.940. The Morgan fingerprint density at radius 3 is 2.82 bits per heavy atom. The summed E-state index contributed by atoms with van der Waals surface area (Å²) in [6.07, 6.45) is -0.466. The summed E-state index contributed by atoms with van der Waals surface area (Å²) in [7, 11) is 0. The molecular weight excluding hydrogens is 295 g/mol. The first-order chi connectivity index (χ1) is 10.5. The van der Waals surface area contributed by atoms with Crippen LogP contribution in [0.5, 0.6) is 0 Å². The molecule has 0 atom stereocenters. The number of aryl methyl sites for hydroxylation is 1. The van der Waals surface area contributed by atoms with Crippen molar-refractivity contribution in [2.45, 2.75) is 52.0 Å². The molecule has 2 aromatic heterocycles. The Balaban J connectivity index is 1.76. The van der Waals surface area contributed by atoms with Crippen molar-refractivity contribution in [1.82, 2.24) is 14.9 Å². The number of alkyl halides is 3. The number of nitrogens with one attached hydrogen (secondary N) is 1. The maximum Gasteiger partial charge on any atom is 0.449 e. The second-order valence-electron chi connectivity index (χ2n) is 5.57. The second-order valence-corrected chi connectivity index (χ2v) is 5.57. The topological polar surface area (TPSA) is 43.0 Å². The molecule has 2 aromatic rings. The highest BCUT2D eigenvalue weighted by Crippen LogP contribution is 2.32. The summed E-state index contributed by atoms with van der Waals surface area (Å²) in [6.45, 7) is 3.12. The summed E-state index contributed by atoms with van der Waals surface area (Å²) >= 11 is 0. The molecule has 3 heterocycles. The molecule has 1 N–H and O–H groups in total. The Hall–Kier alpha value is -1.76. The molecule has 1 aliphatic heterocycles. The van der Waals surface area contributed by atoms with Gasteiger partial charge in [0.1, 0.15) is 5.76 Å². The van der Waals surface area contributed by atoms with Gasteiger partial charge in [-0.3, -0.25) is 0 Å². The molecule has 0 bridgehead atoms. The first-order valence-corrected chi connectivity index (χ1v) is 7.36. The van der Waals surface area contributed by atoms with E-state index in [2.05, 4.69) is 10.3 Å². The first-order valence-electron chi connectivity index (χ1n) is 7.36. The molecule has 0 radical (unpaired) electrons. The van der Waals surface area contributed by atoms with Crippen LogP contribution in [0.1, 0.15) is 41.4 Å². The van der Waals surface area contributed by atoms with Crippen LogP contribution in [-0.2, 0) is 32.2 Å². The Morgan fingerprint density at radius 2 is 2.14 bits per heavy atom. The molecular formula is C15H18F3N3O. The first kappa shape index (κ1) is 15.1. The zero-order valence-electron chi connectivity index (χ0n) is 12.3. The number of furan rings is 1. The summed E-state index contributed by atoms with van der Waals surface area (Å²) in [5, 5.41) is 3.12. The Kier molecular flexibility index (Phi) is 3.99. The average Bonchev–Trinajstić information content (AvgIpc) is 3.03. The SMILES string of the molecule is Cc1ccoc1CNCc1nc(C(F)(F)F)n2c1CCCC2. The summed E-state index contributed by atoms with van der Waals surface area (Å²) in [4.78, 5) is 3.85. The van der Waals surface area contributed by atoms with Crippen molar-refractivity contribution in [3.8, 4) is 0 Å². The third-order valence-corrected chi connectivity index (χ3v) is 4.00. The minimum Gasteiger partial charge on any atom is -0.468 e. The molecule has 0 spiro atoms. The van der Waals surface area contributed by atoms with Crippen molar-refractivity contribution in [2.75, 3.05) is 0 Å². The Bertz CT molecular complexity index is 658. The fourth-order valence-corrected chi connectivity index (χ4v) is 2.86. The van der Waals surface area contributed by atoms with Gasteiger partial charge in [-0.25, -0.2) is 4.98 Å². The molecule has 1 aliphatic rings. The number of imidazole rings is 1. The van der Waals surface area contributed by atoms with Crippen LogP contribution in [0.3, 0.4) is 0 Å². The molecule has 0 amide bonds. The van der Waals surface area contributed by atoms with Crippen LogP contribution in [0.4, 0.5) is 13.2 Å². The lowest BCUT2D eigenvalue weighted by Crippen LogP contribution is -2.19. The molecule has 22 heavy (non-hydrogen) atoms. The average molecular weight is 313 g/mol. The van der Waals surface area contributed by atoms with Crippen LogP contribution in [0.25, 0.3) is 0 Å². The van der Waals surface area contributed by atoms with E-state index >= 15 is 0 Å². The summed E-state index contributed by atoms with van der Waals surface area (Å²) in [6, 6.07) is 1.86. The van der Waals surface area contributed by atoms with E-state index in [1.165, 1.54) is 4.57 Å². The molecule has 4 nitrogen and oxygen atoms in total. The van der Waals surface area contributed by atoms with E-state index < -0.39 is 12.0 Å². The fraction of sp³-hybridized carbons (Fsp3) is 0.533. The molecule has 120 valence electrons. The Morgan fingerprint density at radius 1 is 1.32 bits per heavy atom. The van der Waals surface area contributed by atoms with Gasteiger partial charge in [0.2, 0.25) is 5.82 Å². The van der Waals surface area contributed by atoms with Crippen molar-refractivity contribution < 1.29 is 17.6 Å². The Labute approximate surface area is 126 Å². The van der Waals surface area contributed by atoms with Gasteiger partial charge in [0.15, 0.2) is 0 Å². The highest BCUT2D eigenvalue weighted by Gasteiger charge is 2.39. The number of halogens is 3. The van der Waals surface area contributed by atoms with E-state index in [0.29, 0.717) is 37.4 Å². The highest BCUT2D eigenvalue weighted by molar-refractivity contribution is 5.21. The normalized spacial score (nSPS) is 15.1. The van der Waals surface area contributed by atoms with E-state index in [1.54, 1.807) is 6.26 Å². The fourth-order valence-electron chi connectivity index (χ4n) is 2.86. The molecule has 0 saturated carbocycles. The van der Waals surface area contributed by atoms with Crippen LogP contribution >= 0.6 is 0 Å². The van der Waals surface area contributed by atoms with Crippen molar-refractivity contribution >= 4 is 0 Å². The molecule has 0 fully saturated rings. The van der Waals surface area contributed by atoms with E-state index in [4.69, 9.17) is 4.42 Å².